The fraction of sp³-hybridized carbons (Fsp3) is 0.226. The highest BCUT2D eigenvalue weighted by Crippen LogP contribution is 2.33. The van der Waals surface area contributed by atoms with E-state index in [9.17, 15) is 9.59 Å². The lowest BCUT2D eigenvalue weighted by Crippen LogP contribution is -2.51. The molecule has 0 aliphatic carbocycles. The Hall–Kier alpha value is -4.23. The number of nitrogens with zero attached hydrogens (tertiary/aromatic N) is 3. The number of anilines is 1. The Labute approximate surface area is 233 Å². The summed E-state index contributed by atoms with van der Waals surface area (Å²) in [5.74, 6) is 0.707. The smallest absolute Gasteiger partial charge is 0.321 e. The summed E-state index contributed by atoms with van der Waals surface area (Å²) in [4.78, 5) is 30.1. The molecule has 0 radical (unpaired) electrons. The molecule has 3 aromatic carbocycles. The van der Waals surface area contributed by atoms with Crippen molar-refractivity contribution in [3.63, 3.8) is 0 Å². The number of hydrogen-bond donors (Lipinski definition) is 1. The molecular formula is C31H31ClN4O3. The van der Waals surface area contributed by atoms with Crippen LogP contribution < -0.4 is 10.1 Å². The molecule has 0 saturated carbocycles. The largest absolute Gasteiger partial charge is 0.494 e. The second-order valence-electron chi connectivity index (χ2n) is 9.35. The average molecular weight is 543 g/mol. The van der Waals surface area contributed by atoms with Crippen LogP contribution in [0.25, 0.3) is 16.9 Å². The number of benzene rings is 3. The minimum Gasteiger partial charge on any atom is -0.494 e. The monoisotopic (exact) mass is 542 g/mol. The van der Waals surface area contributed by atoms with Crippen LogP contribution in [0.3, 0.4) is 0 Å². The quantitative estimate of drug-likeness (QED) is 0.302. The fourth-order valence-corrected chi connectivity index (χ4v) is 5.10. The summed E-state index contributed by atoms with van der Waals surface area (Å²) in [7, 11) is 0. The Balaban J connectivity index is 1.32. The van der Waals surface area contributed by atoms with Gasteiger partial charge in [0.05, 0.1) is 28.6 Å². The van der Waals surface area contributed by atoms with Crippen LogP contribution in [-0.4, -0.2) is 59.1 Å². The lowest BCUT2D eigenvalue weighted by atomic mass is 10.1. The molecule has 0 bridgehead atoms. The van der Waals surface area contributed by atoms with Crippen molar-refractivity contribution < 1.29 is 14.3 Å². The van der Waals surface area contributed by atoms with Crippen LogP contribution in [0.5, 0.6) is 5.75 Å². The van der Waals surface area contributed by atoms with Crippen LogP contribution in [0.4, 0.5) is 10.5 Å². The van der Waals surface area contributed by atoms with E-state index in [0.29, 0.717) is 49.1 Å². The summed E-state index contributed by atoms with van der Waals surface area (Å²) in [6.45, 7) is 6.27. The topological polar surface area (TPSA) is 66.8 Å². The van der Waals surface area contributed by atoms with Crippen LogP contribution in [0.15, 0.2) is 84.9 Å². The molecule has 1 N–H and O–H groups in total. The number of hydrogen-bond acceptors (Lipinski definition) is 3. The Morgan fingerprint density at radius 2 is 1.51 bits per heavy atom. The molecular weight excluding hydrogens is 512 g/mol. The minimum absolute atomic E-state index is 0.0537. The van der Waals surface area contributed by atoms with E-state index in [-0.39, 0.29) is 11.9 Å². The summed E-state index contributed by atoms with van der Waals surface area (Å²) in [5, 5.41) is 3.54. The summed E-state index contributed by atoms with van der Waals surface area (Å²) in [6, 6.07) is 26.7. The van der Waals surface area contributed by atoms with Crippen molar-refractivity contribution in [1.82, 2.24) is 14.4 Å². The molecule has 4 aromatic rings. The van der Waals surface area contributed by atoms with Crippen molar-refractivity contribution in [3.8, 4) is 22.7 Å². The molecule has 5 rings (SSSR count). The van der Waals surface area contributed by atoms with Crippen molar-refractivity contribution in [2.24, 2.45) is 0 Å². The van der Waals surface area contributed by atoms with Crippen molar-refractivity contribution in [3.05, 3.63) is 101 Å². The van der Waals surface area contributed by atoms with Crippen molar-refractivity contribution in [1.29, 1.82) is 0 Å². The van der Waals surface area contributed by atoms with E-state index in [1.165, 1.54) is 0 Å². The molecule has 1 fully saturated rings. The van der Waals surface area contributed by atoms with E-state index in [1.54, 1.807) is 4.90 Å². The number of aromatic nitrogens is 1. The minimum atomic E-state index is -0.182. The standard InChI is InChI=1S/C31H31ClN4O3/c1-3-39-25-15-13-24(14-16-25)33-31(38)35-19-17-34(18-20-35)30(37)26-21-29(23-9-5-4-6-10-23)36(22(26)2)28-12-8-7-11-27(28)32/h4-16,21H,3,17-20H2,1-2H3,(H,33,38). The number of ether oxygens (including phenoxy) is 1. The van der Waals surface area contributed by atoms with Gasteiger partial charge in [-0.15, -0.1) is 0 Å². The Kier molecular flexibility index (Phi) is 7.89. The second kappa shape index (κ2) is 11.7. The van der Waals surface area contributed by atoms with Gasteiger partial charge < -0.3 is 24.4 Å². The number of piperazine rings is 1. The third-order valence-corrected chi connectivity index (χ3v) is 7.23. The molecule has 1 aliphatic rings. The molecule has 1 aromatic heterocycles. The number of amides is 3. The number of halogens is 1. The Bertz CT molecular complexity index is 1460. The molecule has 8 heteroatoms. The number of para-hydroxylation sites is 1. The molecule has 39 heavy (non-hydrogen) atoms. The van der Waals surface area contributed by atoms with E-state index in [4.69, 9.17) is 16.3 Å². The van der Waals surface area contributed by atoms with Gasteiger partial charge in [-0.1, -0.05) is 54.1 Å². The molecule has 1 saturated heterocycles. The predicted molar refractivity (Wildman–Crippen MR) is 155 cm³/mol. The number of carbonyl (C=O) groups excluding carboxylic acids is 2. The van der Waals surface area contributed by atoms with Crippen molar-refractivity contribution in [2.75, 3.05) is 38.1 Å². The maximum Gasteiger partial charge on any atom is 0.321 e. The van der Waals surface area contributed by atoms with Crippen molar-refractivity contribution >= 4 is 29.2 Å². The van der Waals surface area contributed by atoms with E-state index in [0.717, 1.165) is 28.4 Å². The fourth-order valence-electron chi connectivity index (χ4n) is 4.87. The third kappa shape index (κ3) is 5.64. The van der Waals surface area contributed by atoms with Crippen LogP contribution in [0.1, 0.15) is 23.0 Å². The zero-order valence-electron chi connectivity index (χ0n) is 22.1. The van der Waals surface area contributed by atoms with E-state index < -0.39 is 0 Å². The molecule has 2 heterocycles. The van der Waals surface area contributed by atoms with Gasteiger partial charge in [-0.05, 0) is 61.9 Å². The number of nitrogens with one attached hydrogen (secondary N) is 1. The van der Waals surface area contributed by atoms with Gasteiger partial charge in [0, 0.05) is 37.6 Å². The first-order chi connectivity index (χ1) is 19.0. The van der Waals surface area contributed by atoms with Gasteiger partial charge in [0.2, 0.25) is 0 Å². The Morgan fingerprint density at radius 1 is 0.872 bits per heavy atom. The summed E-state index contributed by atoms with van der Waals surface area (Å²) in [5.41, 5.74) is 4.87. The number of carbonyl (C=O) groups is 2. The summed E-state index contributed by atoms with van der Waals surface area (Å²) < 4.78 is 7.50. The first kappa shape index (κ1) is 26.4. The normalized spacial score (nSPS) is 13.3. The summed E-state index contributed by atoms with van der Waals surface area (Å²) in [6.07, 6.45) is 0. The molecule has 200 valence electrons. The lowest BCUT2D eigenvalue weighted by molar-refractivity contribution is 0.0671. The van der Waals surface area contributed by atoms with E-state index in [1.807, 2.05) is 108 Å². The Morgan fingerprint density at radius 3 is 2.18 bits per heavy atom. The second-order valence-corrected chi connectivity index (χ2v) is 9.76. The van der Waals surface area contributed by atoms with Gasteiger partial charge in [0.1, 0.15) is 5.75 Å². The number of urea groups is 1. The predicted octanol–water partition coefficient (Wildman–Crippen LogP) is 6.49. The van der Waals surface area contributed by atoms with Gasteiger partial charge in [0.15, 0.2) is 0 Å². The lowest BCUT2D eigenvalue weighted by Gasteiger charge is -2.34. The third-order valence-electron chi connectivity index (χ3n) is 6.91. The van der Waals surface area contributed by atoms with Crippen LogP contribution in [0, 0.1) is 6.92 Å². The van der Waals surface area contributed by atoms with E-state index >= 15 is 0 Å². The SMILES string of the molecule is CCOc1ccc(NC(=O)N2CCN(C(=O)c3cc(-c4ccccc4)n(-c4ccccc4Cl)c3C)CC2)cc1. The van der Waals surface area contributed by atoms with Gasteiger partial charge in [0.25, 0.3) is 5.91 Å². The van der Waals surface area contributed by atoms with Crippen LogP contribution >= 0.6 is 11.6 Å². The zero-order valence-corrected chi connectivity index (χ0v) is 22.8. The maximum absolute atomic E-state index is 13.7. The van der Waals surface area contributed by atoms with E-state index in [2.05, 4.69) is 5.32 Å². The average Bonchev–Trinajstić information content (AvgIpc) is 3.31. The zero-order chi connectivity index (χ0) is 27.4. The van der Waals surface area contributed by atoms with Gasteiger partial charge in [-0.2, -0.15) is 0 Å². The van der Waals surface area contributed by atoms with Gasteiger partial charge in [-0.3, -0.25) is 4.79 Å². The maximum atomic E-state index is 13.7. The molecule has 3 amide bonds. The van der Waals surface area contributed by atoms with Crippen molar-refractivity contribution in [2.45, 2.75) is 13.8 Å². The van der Waals surface area contributed by atoms with Gasteiger partial charge in [-0.25, -0.2) is 4.79 Å². The van der Waals surface area contributed by atoms with Gasteiger partial charge >= 0.3 is 6.03 Å². The molecule has 0 atom stereocenters. The van der Waals surface area contributed by atoms with Crippen LogP contribution in [0.2, 0.25) is 5.02 Å². The molecule has 1 aliphatic heterocycles. The highest BCUT2D eigenvalue weighted by molar-refractivity contribution is 6.32. The first-order valence-electron chi connectivity index (χ1n) is 13.1. The molecule has 7 nitrogen and oxygen atoms in total. The summed E-state index contributed by atoms with van der Waals surface area (Å²) >= 11 is 6.59. The highest BCUT2D eigenvalue weighted by atomic mass is 35.5. The molecule has 0 spiro atoms. The first-order valence-corrected chi connectivity index (χ1v) is 13.4. The number of rotatable bonds is 6. The molecule has 0 unspecified atom stereocenters. The van der Waals surface area contributed by atoms with Crippen LogP contribution in [-0.2, 0) is 0 Å². The highest BCUT2D eigenvalue weighted by Gasteiger charge is 2.28.